The maximum atomic E-state index is 14.0. The molecule has 0 saturated carbocycles. The van der Waals surface area contributed by atoms with Gasteiger partial charge >= 0.3 is 12.6 Å². The summed E-state index contributed by atoms with van der Waals surface area (Å²) in [6, 6.07) is 5.96. The Morgan fingerprint density at radius 3 is 2.51 bits per heavy atom. The number of likely N-dealkylation sites (tertiary alicyclic amines) is 1. The van der Waals surface area contributed by atoms with Crippen LogP contribution in [0.4, 0.5) is 14.5 Å². The molecule has 4 rings (SSSR count). The SMILES string of the molecule is CC(C)c1ccnn1C1(C(=O)Nc2ccc(Cl)cc2OC(F)F)CCN(CC(C(=O)O)c2cnn(C)c2)CC1. The summed E-state index contributed by atoms with van der Waals surface area (Å²) in [6.45, 7) is 1.96. The highest BCUT2D eigenvalue weighted by molar-refractivity contribution is 6.30. The van der Waals surface area contributed by atoms with E-state index < -0.39 is 29.9 Å². The molecule has 2 aromatic heterocycles. The minimum atomic E-state index is -3.10. The van der Waals surface area contributed by atoms with E-state index in [2.05, 4.69) is 20.3 Å². The number of carboxylic acids is 1. The van der Waals surface area contributed by atoms with E-state index in [1.807, 2.05) is 24.8 Å². The molecule has 210 valence electrons. The van der Waals surface area contributed by atoms with Gasteiger partial charge in [0.05, 0.1) is 17.8 Å². The average molecular weight is 565 g/mol. The van der Waals surface area contributed by atoms with Crippen molar-refractivity contribution in [3.63, 3.8) is 0 Å². The van der Waals surface area contributed by atoms with Crippen LogP contribution >= 0.6 is 11.6 Å². The maximum Gasteiger partial charge on any atom is 0.387 e. The number of nitrogens with zero attached hydrogens (tertiary/aromatic N) is 5. The number of alkyl halides is 2. The lowest BCUT2D eigenvalue weighted by Crippen LogP contribution is -2.54. The fourth-order valence-corrected chi connectivity index (χ4v) is 5.15. The van der Waals surface area contributed by atoms with E-state index in [9.17, 15) is 23.5 Å². The smallest absolute Gasteiger partial charge is 0.387 e. The first-order chi connectivity index (χ1) is 18.5. The van der Waals surface area contributed by atoms with E-state index in [0.29, 0.717) is 31.5 Å². The number of carbonyl (C=O) groups excluding carboxylic acids is 1. The van der Waals surface area contributed by atoms with Gasteiger partial charge in [0, 0.05) is 61.4 Å². The lowest BCUT2D eigenvalue weighted by atomic mass is 9.85. The van der Waals surface area contributed by atoms with Crippen LogP contribution in [-0.2, 0) is 22.2 Å². The summed E-state index contributed by atoms with van der Waals surface area (Å²) in [5, 5.41) is 21.4. The number of carboxylic acid groups (broad SMARTS) is 1. The van der Waals surface area contributed by atoms with Crippen LogP contribution < -0.4 is 10.1 Å². The van der Waals surface area contributed by atoms with Crippen LogP contribution in [0.15, 0.2) is 42.9 Å². The average Bonchev–Trinajstić information content (AvgIpc) is 3.54. The van der Waals surface area contributed by atoms with Gasteiger partial charge in [-0.3, -0.25) is 19.0 Å². The topological polar surface area (TPSA) is 115 Å². The second kappa shape index (κ2) is 11.7. The van der Waals surface area contributed by atoms with Crippen molar-refractivity contribution < 1.29 is 28.2 Å². The van der Waals surface area contributed by atoms with Gasteiger partial charge in [0.1, 0.15) is 5.54 Å². The van der Waals surface area contributed by atoms with Gasteiger partial charge in [-0.05, 0) is 37.0 Å². The second-order valence-electron chi connectivity index (χ2n) is 9.97. The molecule has 1 unspecified atom stereocenters. The number of piperidine rings is 1. The molecule has 0 radical (unpaired) electrons. The molecular formula is C26H31ClF2N6O4. The number of anilines is 1. The van der Waals surface area contributed by atoms with Crippen LogP contribution in [0.3, 0.4) is 0 Å². The molecule has 10 nitrogen and oxygen atoms in total. The van der Waals surface area contributed by atoms with Crippen molar-refractivity contribution in [2.45, 2.75) is 50.7 Å². The number of aliphatic carboxylic acids is 1. The monoisotopic (exact) mass is 564 g/mol. The molecule has 1 saturated heterocycles. The minimum Gasteiger partial charge on any atom is -0.481 e. The summed E-state index contributed by atoms with van der Waals surface area (Å²) >= 11 is 5.97. The standard InChI is InChI=1S/C26H31ClF2N6O4/c1-16(2)21-6-9-30-35(21)26(24(38)32-20-5-4-18(27)12-22(20)39-25(28)29)7-10-34(11-8-26)15-19(23(36)37)17-13-31-33(3)14-17/h4-6,9,12-14,16,19,25H,7-8,10-11,15H2,1-3H3,(H,32,38)(H,36,37). The van der Waals surface area contributed by atoms with Crippen LogP contribution in [0.1, 0.15) is 49.8 Å². The van der Waals surface area contributed by atoms with E-state index in [0.717, 1.165) is 5.69 Å². The molecule has 1 atom stereocenters. The fourth-order valence-electron chi connectivity index (χ4n) is 4.98. The van der Waals surface area contributed by atoms with Crippen molar-refractivity contribution >= 4 is 29.2 Å². The van der Waals surface area contributed by atoms with Crippen LogP contribution in [0.25, 0.3) is 0 Å². The molecule has 1 aliphatic heterocycles. The first kappa shape index (κ1) is 28.5. The number of benzene rings is 1. The van der Waals surface area contributed by atoms with E-state index in [1.54, 1.807) is 35.0 Å². The number of halogens is 3. The quantitative estimate of drug-likeness (QED) is 0.377. The molecule has 39 heavy (non-hydrogen) atoms. The molecule has 1 amide bonds. The number of nitrogens with one attached hydrogen (secondary N) is 1. The van der Waals surface area contributed by atoms with Gasteiger partial charge < -0.3 is 20.1 Å². The zero-order chi connectivity index (χ0) is 28.3. The lowest BCUT2D eigenvalue weighted by molar-refractivity contribution is -0.140. The van der Waals surface area contributed by atoms with Crippen LogP contribution in [0, 0.1) is 0 Å². The van der Waals surface area contributed by atoms with Crippen molar-refractivity contribution in [2.75, 3.05) is 25.0 Å². The molecule has 1 aromatic carbocycles. The predicted octanol–water partition coefficient (Wildman–Crippen LogP) is 4.29. The number of hydrogen-bond acceptors (Lipinski definition) is 6. The minimum absolute atomic E-state index is 0.0606. The van der Waals surface area contributed by atoms with E-state index in [1.165, 1.54) is 18.2 Å². The molecule has 3 aromatic rings. The van der Waals surface area contributed by atoms with Gasteiger partial charge in [0.15, 0.2) is 5.75 Å². The van der Waals surface area contributed by atoms with Crippen molar-refractivity contribution in [3.8, 4) is 5.75 Å². The van der Waals surface area contributed by atoms with Crippen molar-refractivity contribution in [1.82, 2.24) is 24.5 Å². The Labute approximate surface area is 229 Å². The number of hydrogen-bond donors (Lipinski definition) is 2. The molecule has 3 heterocycles. The Morgan fingerprint density at radius 2 is 1.92 bits per heavy atom. The van der Waals surface area contributed by atoms with Gasteiger partial charge in [-0.2, -0.15) is 19.0 Å². The van der Waals surface area contributed by atoms with Crippen molar-refractivity contribution in [1.29, 1.82) is 0 Å². The highest BCUT2D eigenvalue weighted by Gasteiger charge is 2.46. The van der Waals surface area contributed by atoms with Crippen LogP contribution in [-0.4, -0.2) is 67.7 Å². The van der Waals surface area contributed by atoms with Gasteiger partial charge in [0.2, 0.25) is 0 Å². The summed E-state index contributed by atoms with van der Waals surface area (Å²) < 4.78 is 34.0. The lowest BCUT2D eigenvalue weighted by Gasteiger charge is -2.42. The summed E-state index contributed by atoms with van der Waals surface area (Å²) in [5.41, 5.74) is 0.363. The third kappa shape index (κ3) is 6.22. The summed E-state index contributed by atoms with van der Waals surface area (Å²) in [6.07, 6.45) is 5.50. The highest BCUT2D eigenvalue weighted by Crippen LogP contribution is 2.37. The van der Waals surface area contributed by atoms with Crippen LogP contribution in [0.5, 0.6) is 5.75 Å². The van der Waals surface area contributed by atoms with E-state index >= 15 is 0 Å². The highest BCUT2D eigenvalue weighted by atomic mass is 35.5. The molecule has 13 heteroatoms. The number of aryl methyl sites for hydroxylation is 1. The Hall–Kier alpha value is -3.51. The third-order valence-electron chi connectivity index (χ3n) is 7.05. The van der Waals surface area contributed by atoms with Gasteiger partial charge in [-0.25, -0.2) is 0 Å². The van der Waals surface area contributed by atoms with Crippen LogP contribution in [0.2, 0.25) is 5.02 Å². The number of ether oxygens (including phenoxy) is 1. The van der Waals surface area contributed by atoms with Crippen molar-refractivity contribution in [3.05, 3.63) is 59.1 Å². The molecule has 0 bridgehead atoms. The maximum absolute atomic E-state index is 14.0. The van der Waals surface area contributed by atoms with Gasteiger partial charge in [0.25, 0.3) is 5.91 Å². The van der Waals surface area contributed by atoms with E-state index in [4.69, 9.17) is 11.6 Å². The number of amides is 1. The largest absolute Gasteiger partial charge is 0.481 e. The van der Waals surface area contributed by atoms with Gasteiger partial charge in [-0.15, -0.1) is 0 Å². The van der Waals surface area contributed by atoms with E-state index in [-0.39, 0.29) is 28.9 Å². The molecule has 0 spiro atoms. The Balaban J connectivity index is 1.61. The second-order valence-corrected chi connectivity index (χ2v) is 10.4. The van der Waals surface area contributed by atoms with Gasteiger partial charge in [-0.1, -0.05) is 25.4 Å². The zero-order valence-electron chi connectivity index (χ0n) is 21.9. The Morgan fingerprint density at radius 1 is 1.21 bits per heavy atom. The summed E-state index contributed by atoms with van der Waals surface area (Å²) in [7, 11) is 1.73. The normalized spacial score (nSPS) is 16.4. The Kier molecular flexibility index (Phi) is 8.55. The summed E-state index contributed by atoms with van der Waals surface area (Å²) in [5.74, 6) is -2.36. The molecular weight excluding hydrogens is 534 g/mol. The molecule has 0 aliphatic carbocycles. The number of rotatable bonds is 10. The first-order valence-electron chi connectivity index (χ1n) is 12.5. The first-order valence-corrected chi connectivity index (χ1v) is 12.9. The Bertz CT molecular complexity index is 1320. The predicted molar refractivity (Wildman–Crippen MR) is 140 cm³/mol. The number of carbonyl (C=O) groups is 2. The molecule has 1 aliphatic rings. The molecule has 1 fully saturated rings. The van der Waals surface area contributed by atoms with Crippen molar-refractivity contribution in [2.24, 2.45) is 7.05 Å². The zero-order valence-corrected chi connectivity index (χ0v) is 22.6. The fraction of sp³-hybridized carbons (Fsp3) is 0.462. The summed E-state index contributed by atoms with van der Waals surface area (Å²) in [4.78, 5) is 28.0. The molecule has 2 N–H and O–H groups in total. The number of aromatic nitrogens is 4. The third-order valence-corrected chi connectivity index (χ3v) is 7.28.